The maximum Gasteiger partial charge on any atom is 0.338 e. The third-order valence-corrected chi connectivity index (χ3v) is 4.16. The van der Waals surface area contributed by atoms with Gasteiger partial charge in [-0.15, -0.1) is 0 Å². The van der Waals surface area contributed by atoms with E-state index in [-0.39, 0.29) is 29.9 Å². The smallest absolute Gasteiger partial charge is 0.338 e. The van der Waals surface area contributed by atoms with E-state index in [4.69, 9.17) is 19.9 Å². The molecule has 0 atom stereocenters. The van der Waals surface area contributed by atoms with Gasteiger partial charge in [0.1, 0.15) is 11.5 Å². The van der Waals surface area contributed by atoms with Crippen molar-refractivity contribution in [2.75, 3.05) is 33.9 Å². The highest BCUT2D eigenvalue weighted by Crippen LogP contribution is 2.23. The predicted molar refractivity (Wildman–Crippen MR) is 88.3 cm³/mol. The molecule has 0 saturated carbocycles. The van der Waals surface area contributed by atoms with Crippen molar-refractivity contribution in [2.24, 2.45) is 11.7 Å². The maximum atomic E-state index is 12.1. The van der Waals surface area contributed by atoms with Gasteiger partial charge in [-0.1, -0.05) is 0 Å². The number of amides is 2. The number of hydrogen-bond donors (Lipinski definition) is 1. The first-order valence-corrected chi connectivity index (χ1v) is 7.92. The number of hydrogen-bond acceptors (Lipinski definition) is 6. The molecule has 136 valence electrons. The molecule has 8 heteroatoms. The summed E-state index contributed by atoms with van der Waals surface area (Å²) in [4.78, 5) is 37.0. The maximum absolute atomic E-state index is 12.1. The molecule has 1 saturated heterocycles. The topological polar surface area (TPSA) is 108 Å². The number of primary amides is 1. The van der Waals surface area contributed by atoms with Crippen LogP contribution in [-0.2, 0) is 14.3 Å². The molecule has 0 unspecified atom stereocenters. The van der Waals surface area contributed by atoms with E-state index in [1.165, 1.54) is 26.4 Å². The summed E-state index contributed by atoms with van der Waals surface area (Å²) in [6, 6.07) is 4.65. The summed E-state index contributed by atoms with van der Waals surface area (Å²) in [5.74, 6) is -0.581. The van der Waals surface area contributed by atoms with E-state index in [0.29, 0.717) is 37.4 Å². The van der Waals surface area contributed by atoms with Crippen molar-refractivity contribution in [2.45, 2.75) is 12.8 Å². The van der Waals surface area contributed by atoms with E-state index in [1.807, 2.05) is 0 Å². The van der Waals surface area contributed by atoms with Crippen LogP contribution in [0.25, 0.3) is 0 Å². The molecule has 1 aliphatic heterocycles. The molecule has 0 radical (unpaired) electrons. The Morgan fingerprint density at radius 2 is 1.64 bits per heavy atom. The van der Waals surface area contributed by atoms with E-state index < -0.39 is 5.97 Å². The van der Waals surface area contributed by atoms with Gasteiger partial charge >= 0.3 is 5.97 Å². The Morgan fingerprint density at radius 3 is 2.12 bits per heavy atom. The van der Waals surface area contributed by atoms with Crippen LogP contribution in [0, 0.1) is 5.92 Å². The zero-order chi connectivity index (χ0) is 18.4. The molecule has 2 amide bonds. The number of carbonyl (C=O) groups is 3. The number of esters is 1. The van der Waals surface area contributed by atoms with Gasteiger partial charge in [-0.05, 0) is 25.0 Å². The van der Waals surface area contributed by atoms with E-state index >= 15 is 0 Å². The number of benzene rings is 1. The number of nitrogens with zero attached hydrogens (tertiary/aromatic N) is 1. The van der Waals surface area contributed by atoms with Gasteiger partial charge in [0, 0.05) is 25.1 Å². The van der Waals surface area contributed by atoms with Gasteiger partial charge in [-0.2, -0.15) is 0 Å². The molecule has 0 aromatic heterocycles. The molecule has 2 N–H and O–H groups in total. The van der Waals surface area contributed by atoms with Crippen LogP contribution in [-0.4, -0.2) is 56.6 Å². The van der Waals surface area contributed by atoms with E-state index in [2.05, 4.69) is 0 Å². The lowest BCUT2D eigenvalue weighted by molar-refractivity contribution is -0.137. The molecule has 0 bridgehead atoms. The lowest BCUT2D eigenvalue weighted by Gasteiger charge is -2.30. The highest BCUT2D eigenvalue weighted by atomic mass is 16.5. The fourth-order valence-corrected chi connectivity index (χ4v) is 2.64. The third-order valence-electron chi connectivity index (χ3n) is 4.16. The average molecular weight is 350 g/mol. The Bertz CT molecular complexity index is 630. The van der Waals surface area contributed by atoms with E-state index in [0.717, 1.165) is 0 Å². The Labute approximate surface area is 145 Å². The number of carbonyl (C=O) groups excluding carboxylic acids is 3. The fourth-order valence-electron chi connectivity index (χ4n) is 2.64. The lowest BCUT2D eigenvalue weighted by Crippen LogP contribution is -2.43. The van der Waals surface area contributed by atoms with Gasteiger partial charge in [0.15, 0.2) is 6.61 Å². The first-order chi connectivity index (χ1) is 11.9. The SMILES string of the molecule is COc1cc(OC)cc(C(=O)OCC(=O)N2CCC(C(N)=O)CC2)c1. The summed E-state index contributed by atoms with van der Waals surface area (Å²) in [6.07, 6.45) is 1.06. The van der Waals surface area contributed by atoms with Gasteiger partial charge in [-0.25, -0.2) is 4.79 Å². The minimum atomic E-state index is -0.641. The van der Waals surface area contributed by atoms with Crippen molar-refractivity contribution in [3.05, 3.63) is 23.8 Å². The summed E-state index contributed by atoms with van der Waals surface area (Å²) in [7, 11) is 2.95. The van der Waals surface area contributed by atoms with Crippen LogP contribution < -0.4 is 15.2 Å². The van der Waals surface area contributed by atoms with Crippen LogP contribution in [0.15, 0.2) is 18.2 Å². The summed E-state index contributed by atoms with van der Waals surface area (Å²) in [6.45, 7) is 0.494. The number of rotatable bonds is 6. The standard InChI is InChI=1S/C17H22N2O6/c1-23-13-7-12(8-14(9-13)24-2)17(22)25-10-15(20)19-5-3-11(4-6-19)16(18)21/h7-9,11H,3-6,10H2,1-2H3,(H2,18,21). The van der Waals surface area contributed by atoms with Gasteiger partial charge in [0.25, 0.3) is 5.91 Å². The molecule has 2 rings (SSSR count). The monoisotopic (exact) mass is 350 g/mol. The second-order valence-electron chi connectivity index (χ2n) is 5.73. The Hall–Kier alpha value is -2.77. The molecule has 25 heavy (non-hydrogen) atoms. The van der Waals surface area contributed by atoms with Crippen molar-refractivity contribution in [3.8, 4) is 11.5 Å². The highest BCUT2D eigenvalue weighted by molar-refractivity contribution is 5.92. The Kier molecular flexibility index (Phi) is 6.21. The number of nitrogens with two attached hydrogens (primary N) is 1. The molecule has 1 heterocycles. The second kappa shape index (κ2) is 8.36. The lowest BCUT2D eigenvalue weighted by atomic mass is 9.96. The minimum absolute atomic E-state index is 0.198. The van der Waals surface area contributed by atoms with Crippen LogP contribution >= 0.6 is 0 Å². The number of ether oxygens (including phenoxy) is 3. The van der Waals surface area contributed by atoms with Crippen molar-refractivity contribution < 1.29 is 28.6 Å². The average Bonchev–Trinajstić information content (AvgIpc) is 2.65. The second-order valence-corrected chi connectivity index (χ2v) is 5.73. The zero-order valence-corrected chi connectivity index (χ0v) is 14.3. The van der Waals surface area contributed by atoms with Gasteiger partial charge in [0.2, 0.25) is 5.91 Å². The minimum Gasteiger partial charge on any atom is -0.497 e. The van der Waals surface area contributed by atoms with Crippen molar-refractivity contribution >= 4 is 17.8 Å². The molecular weight excluding hydrogens is 328 g/mol. The zero-order valence-electron chi connectivity index (χ0n) is 14.3. The molecule has 1 fully saturated rings. The van der Waals surface area contributed by atoms with Crippen LogP contribution in [0.5, 0.6) is 11.5 Å². The molecule has 0 spiro atoms. The quantitative estimate of drug-likeness (QED) is 0.752. The summed E-state index contributed by atoms with van der Waals surface area (Å²) < 4.78 is 15.3. The molecule has 1 aromatic rings. The number of piperidine rings is 1. The normalized spacial score (nSPS) is 14.7. The van der Waals surface area contributed by atoms with Crippen molar-refractivity contribution in [1.82, 2.24) is 4.90 Å². The number of likely N-dealkylation sites (tertiary alicyclic amines) is 1. The van der Waals surface area contributed by atoms with Crippen LogP contribution in [0.4, 0.5) is 0 Å². The third kappa shape index (κ3) is 4.85. The van der Waals surface area contributed by atoms with E-state index in [1.54, 1.807) is 11.0 Å². The fraction of sp³-hybridized carbons (Fsp3) is 0.471. The molecular formula is C17H22N2O6. The molecule has 1 aliphatic rings. The predicted octanol–water partition coefficient (Wildman–Crippen LogP) is 0.584. The van der Waals surface area contributed by atoms with Gasteiger partial charge in [-0.3, -0.25) is 9.59 Å². The van der Waals surface area contributed by atoms with Crippen molar-refractivity contribution in [1.29, 1.82) is 0 Å². The summed E-state index contributed by atoms with van der Waals surface area (Å²) in [5.41, 5.74) is 5.50. The molecule has 1 aromatic carbocycles. The first-order valence-electron chi connectivity index (χ1n) is 7.92. The summed E-state index contributed by atoms with van der Waals surface area (Å²) in [5, 5.41) is 0. The Morgan fingerprint density at radius 1 is 1.08 bits per heavy atom. The van der Waals surface area contributed by atoms with Crippen LogP contribution in [0.3, 0.4) is 0 Å². The van der Waals surface area contributed by atoms with Gasteiger partial charge < -0.3 is 24.8 Å². The largest absolute Gasteiger partial charge is 0.497 e. The number of methoxy groups -OCH3 is 2. The van der Waals surface area contributed by atoms with Crippen LogP contribution in [0.2, 0.25) is 0 Å². The highest BCUT2D eigenvalue weighted by Gasteiger charge is 2.26. The Balaban J connectivity index is 1.89. The molecule has 8 nitrogen and oxygen atoms in total. The van der Waals surface area contributed by atoms with Crippen LogP contribution in [0.1, 0.15) is 23.2 Å². The molecule has 0 aliphatic carbocycles. The van der Waals surface area contributed by atoms with Gasteiger partial charge in [0.05, 0.1) is 19.8 Å². The summed E-state index contributed by atoms with van der Waals surface area (Å²) >= 11 is 0. The van der Waals surface area contributed by atoms with Crippen molar-refractivity contribution in [3.63, 3.8) is 0 Å². The first kappa shape index (κ1) is 18.6. The van der Waals surface area contributed by atoms with E-state index in [9.17, 15) is 14.4 Å².